The highest BCUT2D eigenvalue weighted by molar-refractivity contribution is 9.10. The van der Waals surface area contributed by atoms with Gasteiger partial charge in [0.1, 0.15) is 0 Å². The van der Waals surface area contributed by atoms with Crippen LogP contribution in [-0.2, 0) is 6.54 Å². The van der Waals surface area contributed by atoms with E-state index in [1.165, 1.54) is 0 Å². The Hall–Kier alpha value is -0.610. The average Bonchev–Trinajstić information content (AvgIpc) is 2.28. The van der Waals surface area contributed by atoms with Crippen molar-refractivity contribution in [2.24, 2.45) is 5.92 Å². The molecule has 96 valence electrons. The fourth-order valence-electron chi connectivity index (χ4n) is 1.37. The molecule has 0 saturated heterocycles. The van der Waals surface area contributed by atoms with Gasteiger partial charge in [0.05, 0.1) is 6.61 Å². The molecule has 17 heavy (non-hydrogen) atoms. The number of hydrogen-bond donors (Lipinski definition) is 1. The van der Waals surface area contributed by atoms with E-state index in [2.05, 4.69) is 53.1 Å². The zero-order valence-electron chi connectivity index (χ0n) is 10.8. The SMILES string of the molecule is CCCNCc1cc(Br)cnc1OCC(C)C. The highest BCUT2D eigenvalue weighted by Crippen LogP contribution is 2.20. The Morgan fingerprint density at radius 3 is 2.88 bits per heavy atom. The molecule has 0 unspecified atom stereocenters. The third kappa shape index (κ3) is 5.50. The molecule has 0 saturated carbocycles. The lowest BCUT2D eigenvalue weighted by Gasteiger charge is -2.12. The second-order valence-electron chi connectivity index (χ2n) is 4.50. The maximum Gasteiger partial charge on any atom is 0.217 e. The van der Waals surface area contributed by atoms with Crippen molar-refractivity contribution in [1.82, 2.24) is 10.3 Å². The van der Waals surface area contributed by atoms with Gasteiger partial charge in [-0.2, -0.15) is 0 Å². The molecule has 0 aliphatic heterocycles. The van der Waals surface area contributed by atoms with Gasteiger partial charge >= 0.3 is 0 Å². The number of nitrogens with one attached hydrogen (secondary N) is 1. The van der Waals surface area contributed by atoms with Crippen molar-refractivity contribution in [2.75, 3.05) is 13.2 Å². The van der Waals surface area contributed by atoms with Gasteiger partial charge in [0.15, 0.2) is 0 Å². The lowest BCUT2D eigenvalue weighted by atomic mass is 10.2. The summed E-state index contributed by atoms with van der Waals surface area (Å²) in [6.07, 6.45) is 2.91. The molecule has 0 bridgehead atoms. The van der Waals surface area contributed by atoms with E-state index >= 15 is 0 Å². The van der Waals surface area contributed by atoms with Crippen molar-refractivity contribution in [3.63, 3.8) is 0 Å². The summed E-state index contributed by atoms with van der Waals surface area (Å²) in [6.45, 7) is 8.93. The summed E-state index contributed by atoms with van der Waals surface area (Å²) in [5.74, 6) is 1.25. The molecule has 0 spiro atoms. The number of nitrogens with zero attached hydrogens (tertiary/aromatic N) is 1. The zero-order valence-corrected chi connectivity index (χ0v) is 12.4. The predicted octanol–water partition coefficient (Wildman–Crippen LogP) is 3.38. The van der Waals surface area contributed by atoms with Crippen LogP contribution < -0.4 is 10.1 Å². The van der Waals surface area contributed by atoms with E-state index < -0.39 is 0 Å². The Morgan fingerprint density at radius 2 is 2.24 bits per heavy atom. The van der Waals surface area contributed by atoms with Crippen molar-refractivity contribution in [2.45, 2.75) is 33.7 Å². The molecular weight excluding hydrogens is 280 g/mol. The average molecular weight is 301 g/mol. The molecular formula is C13H21BrN2O. The Morgan fingerprint density at radius 1 is 1.47 bits per heavy atom. The Labute approximate surface area is 112 Å². The fourth-order valence-corrected chi connectivity index (χ4v) is 1.75. The molecule has 1 heterocycles. The van der Waals surface area contributed by atoms with Crippen molar-refractivity contribution < 1.29 is 4.74 Å². The Bertz CT molecular complexity index is 342. The minimum atomic E-state index is 0.511. The highest BCUT2D eigenvalue weighted by atomic mass is 79.9. The van der Waals surface area contributed by atoms with Gasteiger partial charge in [-0.15, -0.1) is 0 Å². The molecule has 0 radical (unpaired) electrons. The number of rotatable bonds is 7. The number of aromatic nitrogens is 1. The summed E-state index contributed by atoms with van der Waals surface area (Å²) in [4.78, 5) is 4.32. The molecule has 0 fully saturated rings. The second-order valence-corrected chi connectivity index (χ2v) is 5.42. The van der Waals surface area contributed by atoms with Crippen LogP contribution in [-0.4, -0.2) is 18.1 Å². The molecule has 0 aliphatic rings. The quantitative estimate of drug-likeness (QED) is 0.784. The predicted molar refractivity (Wildman–Crippen MR) is 74.3 cm³/mol. The van der Waals surface area contributed by atoms with E-state index in [-0.39, 0.29) is 0 Å². The van der Waals surface area contributed by atoms with E-state index in [4.69, 9.17) is 4.74 Å². The van der Waals surface area contributed by atoms with Crippen LogP contribution in [0.1, 0.15) is 32.8 Å². The monoisotopic (exact) mass is 300 g/mol. The van der Waals surface area contributed by atoms with Crippen LogP contribution in [0.5, 0.6) is 5.88 Å². The first-order chi connectivity index (χ1) is 8.13. The summed E-state index contributed by atoms with van der Waals surface area (Å²) in [6, 6.07) is 2.06. The number of ether oxygens (including phenoxy) is 1. The first-order valence-electron chi connectivity index (χ1n) is 6.11. The van der Waals surface area contributed by atoms with Crippen LogP contribution in [0.3, 0.4) is 0 Å². The van der Waals surface area contributed by atoms with E-state index in [1.54, 1.807) is 6.20 Å². The van der Waals surface area contributed by atoms with Gasteiger partial charge in [-0.05, 0) is 40.9 Å². The van der Waals surface area contributed by atoms with E-state index in [0.29, 0.717) is 12.5 Å². The van der Waals surface area contributed by atoms with E-state index in [9.17, 15) is 0 Å². The Balaban J connectivity index is 2.66. The second kappa shape index (κ2) is 7.67. The maximum absolute atomic E-state index is 5.71. The van der Waals surface area contributed by atoms with Crippen molar-refractivity contribution in [3.05, 3.63) is 22.3 Å². The van der Waals surface area contributed by atoms with Crippen LogP contribution in [0.4, 0.5) is 0 Å². The minimum absolute atomic E-state index is 0.511. The summed E-state index contributed by atoms with van der Waals surface area (Å²) >= 11 is 3.44. The van der Waals surface area contributed by atoms with Gasteiger partial charge < -0.3 is 10.1 Å². The van der Waals surface area contributed by atoms with Gasteiger partial charge in [-0.3, -0.25) is 0 Å². The molecule has 0 atom stereocenters. The van der Waals surface area contributed by atoms with Crippen LogP contribution in [0.25, 0.3) is 0 Å². The van der Waals surface area contributed by atoms with Crippen LogP contribution in [0.2, 0.25) is 0 Å². The molecule has 1 aromatic rings. The van der Waals surface area contributed by atoms with Crippen LogP contribution in [0.15, 0.2) is 16.7 Å². The first-order valence-corrected chi connectivity index (χ1v) is 6.90. The summed E-state index contributed by atoms with van der Waals surface area (Å²) < 4.78 is 6.70. The number of pyridine rings is 1. The number of halogens is 1. The lowest BCUT2D eigenvalue weighted by Crippen LogP contribution is -2.16. The molecule has 0 amide bonds. The standard InChI is InChI=1S/C13H21BrN2O/c1-4-5-15-7-11-6-12(14)8-16-13(11)17-9-10(2)3/h6,8,10,15H,4-5,7,9H2,1-3H3. The van der Waals surface area contributed by atoms with Crippen LogP contribution in [0, 0.1) is 5.92 Å². The largest absolute Gasteiger partial charge is 0.477 e. The topological polar surface area (TPSA) is 34.2 Å². The molecule has 3 nitrogen and oxygen atoms in total. The maximum atomic E-state index is 5.71. The number of hydrogen-bond acceptors (Lipinski definition) is 3. The molecule has 1 aromatic heterocycles. The normalized spacial score (nSPS) is 10.9. The van der Waals surface area contributed by atoms with Crippen molar-refractivity contribution in [3.8, 4) is 5.88 Å². The van der Waals surface area contributed by atoms with Crippen LogP contribution >= 0.6 is 15.9 Å². The lowest BCUT2D eigenvalue weighted by molar-refractivity contribution is 0.258. The van der Waals surface area contributed by atoms with Gasteiger partial charge in [-0.25, -0.2) is 4.98 Å². The zero-order chi connectivity index (χ0) is 12.7. The third-order valence-electron chi connectivity index (χ3n) is 2.19. The highest BCUT2D eigenvalue weighted by Gasteiger charge is 2.07. The van der Waals surface area contributed by atoms with Gasteiger partial charge in [0.2, 0.25) is 5.88 Å². The molecule has 1 N–H and O–H groups in total. The third-order valence-corrected chi connectivity index (χ3v) is 2.62. The summed E-state index contributed by atoms with van der Waals surface area (Å²) in [5, 5.41) is 3.37. The molecule has 0 aliphatic carbocycles. The minimum Gasteiger partial charge on any atom is -0.477 e. The fraction of sp³-hybridized carbons (Fsp3) is 0.615. The molecule has 1 rings (SSSR count). The van der Waals surface area contributed by atoms with Crippen molar-refractivity contribution >= 4 is 15.9 Å². The van der Waals surface area contributed by atoms with Crippen molar-refractivity contribution in [1.29, 1.82) is 0 Å². The van der Waals surface area contributed by atoms with Gasteiger partial charge in [0, 0.05) is 22.8 Å². The molecule has 4 heteroatoms. The smallest absolute Gasteiger partial charge is 0.217 e. The Kier molecular flexibility index (Phi) is 6.52. The van der Waals surface area contributed by atoms with Gasteiger partial charge in [0.25, 0.3) is 0 Å². The van der Waals surface area contributed by atoms with E-state index in [0.717, 1.165) is 35.4 Å². The molecule has 0 aromatic carbocycles. The first kappa shape index (κ1) is 14.5. The summed E-state index contributed by atoms with van der Waals surface area (Å²) in [7, 11) is 0. The summed E-state index contributed by atoms with van der Waals surface area (Å²) in [5.41, 5.74) is 1.11. The van der Waals surface area contributed by atoms with Gasteiger partial charge in [-0.1, -0.05) is 20.8 Å². The van der Waals surface area contributed by atoms with E-state index in [1.807, 2.05) is 0 Å².